The van der Waals surface area contributed by atoms with Gasteiger partial charge in [0.15, 0.2) is 5.69 Å². The van der Waals surface area contributed by atoms with Gasteiger partial charge in [-0.3, -0.25) is 14.9 Å². The van der Waals surface area contributed by atoms with Gasteiger partial charge < -0.3 is 8.98 Å². The number of aromatic nitrogens is 4. The minimum absolute atomic E-state index is 0.0273. The van der Waals surface area contributed by atoms with Crippen LogP contribution in [-0.4, -0.2) is 25.7 Å². The molecule has 134 valence electrons. The van der Waals surface area contributed by atoms with E-state index in [-0.39, 0.29) is 29.1 Å². The lowest BCUT2D eigenvalue weighted by molar-refractivity contribution is 0.102. The molecule has 0 saturated carbocycles. The molecule has 4 rings (SSSR count). The lowest BCUT2D eigenvalue weighted by atomic mass is 10.1. The molecule has 0 aliphatic carbocycles. The topological polar surface area (TPSA) is 103 Å². The average molecular weight is 361 g/mol. The lowest BCUT2D eigenvalue weighted by Gasteiger charge is -2.05. The second-order valence-electron chi connectivity index (χ2n) is 6.05. The number of carbonyl (C=O) groups is 1. The number of carbonyl (C=O) groups excluding carboxylic acids is 1. The standard InChI is InChI=1S/C19H15N5O3/c1-11-7-9-12(10-8-11)16(25)21-19-23-22-17(27-19)15-18(26)24(2)14-6-4-3-5-13(14)20-15/h3-10H,1-2H3,(H,21,23,25). The van der Waals surface area contributed by atoms with Crippen LogP contribution in [0.3, 0.4) is 0 Å². The molecule has 0 fully saturated rings. The van der Waals surface area contributed by atoms with E-state index in [9.17, 15) is 9.59 Å². The molecule has 1 N–H and O–H groups in total. The number of nitrogens with zero attached hydrogens (tertiary/aromatic N) is 4. The molecule has 2 aromatic carbocycles. The van der Waals surface area contributed by atoms with Crippen molar-refractivity contribution in [2.75, 3.05) is 5.32 Å². The van der Waals surface area contributed by atoms with Crippen LogP contribution in [0.25, 0.3) is 22.6 Å². The monoisotopic (exact) mass is 361 g/mol. The summed E-state index contributed by atoms with van der Waals surface area (Å²) in [5.41, 5.74) is 2.48. The summed E-state index contributed by atoms with van der Waals surface area (Å²) in [7, 11) is 1.65. The van der Waals surface area contributed by atoms with Crippen molar-refractivity contribution < 1.29 is 9.21 Å². The highest BCUT2D eigenvalue weighted by molar-refractivity contribution is 6.03. The largest absolute Gasteiger partial charge is 0.401 e. The zero-order valence-corrected chi connectivity index (χ0v) is 14.6. The van der Waals surface area contributed by atoms with E-state index in [2.05, 4.69) is 20.5 Å². The molecule has 8 nitrogen and oxygen atoms in total. The van der Waals surface area contributed by atoms with Gasteiger partial charge in [0, 0.05) is 12.6 Å². The third-order valence-electron chi connectivity index (χ3n) is 4.14. The summed E-state index contributed by atoms with van der Waals surface area (Å²) in [4.78, 5) is 29.1. The maximum absolute atomic E-state index is 12.6. The predicted molar refractivity (Wildman–Crippen MR) is 99.4 cm³/mol. The van der Waals surface area contributed by atoms with E-state index < -0.39 is 0 Å². The Morgan fingerprint density at radius 3 is 2.59 bits per heavy atom. The summed E-state index contributed by atoms with van der Waals surface area (Å²) in [5, 5.41) is 10.2. The minimum Gasteiger partial charge on any atom is -0.401 e. The fraction of sp³-hybridized carbons (Fsp3) is 0.105. The van der Waals surface area contributed by atoms with Crippen LogP contribution in [0.5, 0.6) is 0 Å². The fourth-order valence-electron chi connectivity index (χ4n) is 2.66. The number of hydrogen-bond donors (Lipinski definition) is 1. The molecule has 2 heterocycles. The molecule has 0 aliphatic rings. The lowest BCUT2D eigenvalue weighted by Crippen LogP contribution is -2.20. The van der Waals surface area contributed by atoms with Crippen LogP contribution >= 0.6 is 0 Å². The number of amides is 1. The molecule has 27 heavy (non-hydrogen) atoms. The number of aryl methyl sites for hydroxylation is 2. The van der Waals surface area contributed by atoms with Gasteiger partial charge in [-0.15, -0.1) is 5.10 Å². The molecule has 2 aromatic heterocycles. The van der Waals surface area contributed by atoms with Crippen molar-refractivity contribution >= 4 is 23.0 Å². The molecule has 4 aromatic rings. The number of fused-ring (bicyclic) bond motifs is 1. The molecule has 8 heteroatoms. The van der Waals surface area contributed by atoms with Gasteiger partial charge in [0.05, 0.1) is 11.0 Å². The first-order chi connectivity index (χ1) is 13.0. The van der Waals surface area contributed by atoms with Crippen LogP contribution in [0.2, 0.25) is 0 Å². The van der Waals surface area contributed by atoms with E-state index in [1.54, 1.807) is 31.3 Å². The van der Waals surface area contributed by atoms with Crippen LogP contribution in [0.15, 0.2) is 57.7 Å². The number of hydrogen-bond acceptors (Lipinski definition) is 6. The quantitative estimate of drug-likeness (QED) is 0.601. The summed E-state index contributed by atoms with van der Waals surface area (Å²) in [6.45, 7) is 1.93. The molecule has 0 atom stereocenters. The van der Waals surface area contributed by atoms with Gasteiger partial charge >= 0.3 is 6.01 Å². The highest BCUT2D eigenvalue weighted by Crippen LogP contribution is 2.18. The summed E-state index contributed by atoms with van der Waals surface area (Å²) in [5.74, 6) is -0.440. The van der Waals surface area contributed by atoms with E-state index in [4.69, 9.17) is 4.42 Å². The van der Waals surface area contributed by atoms with E-state index in [1.165, 1.54) is 4.57 Å². The SMILES string of the molecule is Cc1ccc(C(=O)Nc2nnc(-c3nc4ccccc4n(C)c3=O)o2)cc1. The molecule has 0 spiro atoms. The number of benzene rings is 2. The van der Waals surface area contributed by atoms with Gasteiger partial charge in [-0.25, -0.2) is 4.98 Å². The maximum atomic E-state index is 12.6. The van der Waals surface area contributed by atoms with Crippen LogP contribution < -0.4 is 10.9 Å². The Morgan fingerprint density at radius 1 is 1.07 bits per heavy atom. The van der Waals surface area contributed by atoms with Gasteiger partial charge in [-0.1, -0.05) is 34.9 Å². The first-order valence-electron chi connectivity index (χ1n) is 8.20. The molecule has 1 amide bonds. The second kappa shape index (κ2) is 6.49. The fourth-order valence-corrected chi connectivity index (χ4v) is 2.66. The van der Waals surface area contributed by atoms with Gasteiger partial charge in [-0.2, -0.15) is 0 Å². The van der Waals surface area contributed by atoms with Crippen LogP contribution in [0.1, 0.15) is 15.9 Å². The van der Waals surface area contributed by atoms with Gasteiger partial charge in [0.25, 0.3) is 17.4 Å². The van der Waals surface area contributed by atoms with Gasteiger partial charge in [0.2, 0.25) is 0 Å². The Labute approximate surface area is 153 Å². The Morgan fingerprint density at radius 2 is 1.81 bits per heavy atom. The van der Waals surface area contributed by atoms with E-state index >= 15 is 0 Å². The minimum atomic E-state index is -0.385. The molecule has 0 aliphatic heterocycles. The number of para-hydroxylation sites is 2. The summed E-state index contributed by atoms with van der Waals surface area (Å²) in [6, 6.07) is 14.2. The molecule has 0 unspecified atom stereocenters. The van der Waals surface area contributed by atoms with Crippen molar-refractivity contribution in [2.45, 2.75) is 6.92 Å². The second-order valence-corrected chi connectivity index (χ2v) is 6.05. The van der Waals surface area contributed by atoms with Crippen LogP contribution in [0, 0.1) is 6.92 Å². The van der Waals surface area contributed by atoms with Gasteiger partial charge in [0.1, 0.15) is 0 Å². The van der Waals surface area contributed by atoms with Crippen molar-refractivity contribution in [3.63, 3.8) is 0 Å². The Bertz CT molecular complexity index is 1210. The number of nitrogens with one attached hydrogen (secondary N) is 1. The van der Waals surface area contributed by atoms with Crippen molar-refractivity contribution in [1.82, 2.24) is 19.7 Å². The third kappa shape index (κ3) is 3.08. The molecular weight excluding hydrogens is 346 g/mol. The Kier molecular flexibility index (Phi) is 4.00. The summed E-state index contributed by atoms with van der Waals surface area (Å²) in [6.07, 6.45) is 0. The Hall–Kier alpha value is -3.81. The van der Waals surface area contributed by atoms with Crippen LogP contribution in [0.4, 0.5) is 6.01 Å². The van der Waals surface area contributed by atoms with E-state index in [1.807, 2.05) is 31.2 Å². The highest BCUT2D eigenvalue weighted by Gasteiger charge is 2.18. The smallest absolute Gasteiger partial charge is 0.322 e. The first-order valence-corrected chi connectivity index (χ1v) is 8.20. The molecule has 0 radical (unpaired) electrons. The van der Waals surface area contributed by atoms with Crippen LogP contribution in [-0.2, 0) is 7.05 Å². The number of anilines is 1. The maximum Gasteiger partial charge on any atom is 0.322 e. The predicted octanol–water partition coefficient (Wildman–Crippen LogP) is 2.54. The molecule has 0 saturated heterocycles. The van der Waals surface area contributed by atoms with E-state index in [0.29, 0.717) is 16.6 Å². The van der Waals surface area contributed by atoms with Crippen molar-refractivity contribution in [1.29, 1.82) is 0 Å². The molecule has 0 bridgehead atoms. The molecular formula is C19H15N5O3. The first kappa shape index (κ1) is 16.6. The zero-order chi connectivity index (χ0) is 19.0. The normalized spacial score (nSPS) is 10.9. The summed E-state index contributed by atoms with van der Waals surface area (Å²) < 4.78 is 6.91. The van der Waals surface area contributed by atoms with Crippen molar-refractivity contribution in [2.24, 2.45) is 7.05 Å². The Balaban J connectivity index is 1.66. The van der Waals surface area contributed by atoms with Gasteiger partial charge in [-0.05, 0) is 31.2 Å². The highest BCUT2D eigenvalue weighted by atomic mass is 16.4. The van der Waals surface area contributed by atoms with Crippen molar-refractivity contribution in [3.05, 3.63) is 70.0 Å². The summed E-state index contributed by atoms with van der Waals surface area (Å²) >= 11 is 0. The van der Waals surface area contributed by atoms with Crippen molar-refractivity contribution in [3.8, 4) is 11.6 Å². The third-order valence-corrected chi connectivity index (χ3v) is 4.14. The average Bonchev–Trinajstić information content (AvgIpc) is 3.13. The van der Waals surface area contributed by atoms with E-state index in [0.717, 1.165) is 5.56 Å². The zero-order valence-electron chi connectivity index (χ0n) is 14.6. The number of rotatable bonds is 3.